The van der Waals surface area contributed by atoms with Crippen molar-refractivity contribution in [3.63, 3.8) is 0 Å². The Kier molecular flexibility index (Phi) is 2.60. The smallest absolute Gasteiger partial charge is 0.189 e. The van der Waals surface area contributed by atoms with E-state index in [0.717, 1.165) is 25.8 Å². The molecule has 0 unspecified atom stereocenters. The largest absolute Gasteiger partial charge is 0.370 e. The number of fused-ring (bicyclic) bond motifs is 1. The van der Waals surface area contributed by atoms with Crippen molar-refractivity contribution in [2.45, 2.75) is 24.8 Å². The van der Waals surface area contributed by atoms with Gasteiger partial charge in [-0.1, -0.05) is 18.2 Å². The normalized spacial score (nSPS) is 24.3. The van der Waals surface area contributed by atoms with E-state index in [0.29, 0.717) is 5.96 Å². The third-order valence-corrected chi connectivity index (χ3v) is 5.10. The van der Waals surface area contributed by atoms with Crippen LogP contribution in [-0.2, 0) is 12.8 Å². The minimum absolute atomic E-state index is 0.00957. The average molecular weight is 283 g/mol. The monoisotopic (exact) mass is 283 g/mol. The second kappa shape index (κ2) is 4.35. The lowest BCUT2D eigenvalue weighted by molar-refractivity contribution is 0.395. The first-order valence-electron chi connectivity index (χ1n) is 6.98. The van der Waals surface area contributed by atoms with Gasteiger partial charge >= 0.3 is 0 Å². The first-order valence-corrected chi connectivity index (χ1v) is 7.93. The van der Waals surface area contributed by atoms with Gasteiger partial charge in [0.05, 0.1) is 5.54 Å². The van der Waals surface area contributed by atoms with Crippen molar-refractivity contribution < 1.29 is 0 Å². The molecule has 4 heteroatoms. The molecule has 0 bridgehead atoms. The van der Waals surface area contributed by atoms with Crippen molar-refractivity contribution in [2.24, 2.45) is 10.7 Å². The molecule has 1 aliphatic heterocycles. The van der Waals surface area contributed by atoms with Gasteiger partial charge in [-0.25, -0.2) is 4.99 Å². The fraction of sp³-hybridized carbons (Fsp3) is 0.312. The van der Waals surface area contributed by atoms with Gasteiger partial charge in [-0.05, 0) is 58.3 Å². The molecule has 2 heterocycles. The topological polar surface area (TPSA) is 50.4 Å². The van der Waals surface area contributed by atoms with Crippen molar-refractivity contribution in [3.8, 4) is 11.1 Å². The van der Waals surface area contributed by atoms with Crippen molar-refractivity contribution in [2.75, 3.05) is 6.54 Å². The zero-order chi connectivity index (χ0) is 13.6. The molecule has 0 saturated heterocycles. The van der Waals surface area contributed by atoms with Crippen LogP contribution in [0.5, 0.6) is 0 Å². The number of nitrogens with one attached hydrogen (secondary N) is 1. The minimum Gasteiger partial charge on any atom is -0.370 e. The van der Waals surface area contributed by atoms with E-state index in [2.05, 4.69) is 45.3 Å². The molecule has 0 radical (unpaired) electrons. The quantitative estimate of drug-likeness (QED) is 0.845. The van der Waals surface area contributed by atoms with Crippen LogP contribution in [0.4, 0.5) is 0 Å². The highest BCUT2D eigenvalue weighted by atomic mass is 32.1. The molecule has 4 rings (SSSR count). The molecule has 1 aromatic carbocycles. The van der Waals surface area contributed by atoms with Gasteiger partial charge in [-0.3, -0.25) is 0 Å². The SMILES string of the molecule is NC1=N[C@]2(CCc3c(cccc3-c3ccsc3)C2)CN1. The van der Waals surface area contributed by atoms with E-state index >= 15 is 0 Å². The van der Waals surface area contributed by atoms with Gasteiger partial charge in [0.2, 0.25) is 0 Å². The number of aliphatic imine (C=N–C) groups is 1. The number of nitrogens with zero attached hydrogens (tertiary/aromatic N) is 1. The molecule has 1 spiro atoms. The lowest BCUT2D eigenvalue weighted by Crippen LogP contribution is -2.39. The Morgan fingerprint density at radius 1 is 1.30 bits per heavy atom. The lowest BCUT2D eigenvalue weighted by Gasteiger charge is -2.32. The van der Waals surface area contributed by atoms with E-state index in [1.54, 1.807) is 11.3 Å². The number of benzene rings is 1. The lowest BCUT2D eigenvalue weighted by atomic mass is 9.76. The standard InChI is InChI=1S/C16H17N3S/c17-15-18-10-16(19-15)6-4-14-11(8-16)2-1-3-13(14)12-5-7-20-9-12/h1-3,5,7,9H,4,6,8,10H2,(H3,17,18,19)/t16-/m0/s1. The van der Waals surface area contributed by atoms with Crippen LogP contribution in [-0.4, -0.2) is 18.0 Å². The van der Waals surface area contributed by atoms with E-state index in [-0.39, 0.29) is 5.54 Å². The molecule has 2 aliphatic rings. The molecule has 1 atom stereocenters. The highest BCUT2D eigenvalue weighted by Crippen LogP contribution is 2.38. The number of thiophene rings is 1. The van der Waals surface area contributed by atoms with Gasteiger partial charge in [0, 0.05) is 6.54 Å². The van der Waals surface area contributed by atoms with Gasteiger partial charge < -0.3 is 11.1 Å². The molecular weight excluding hydrogens is 266 g/mol. The Morgan fingerprint density at radius 2 is 2.25 bits per heavy atom. The maximum absolute atomic E-state index is 5.81. The van der Waals surface area contributed by atoms with Gasteiger partial charge in [-0.2, -0.15) is 11.3 Å². The fourth-order valence-corrected chi connectivity index (χ4v) is 4.08. The Labute approximate surface area is 122 Å². The summed E-state index contributed by atoms with van der Waals surface area (Å²) in [4.78, 5) is 4.66. The molecule has 0 fully saturated rings. The average Bonchev–Trinajstić information content (AvgIpc) is 3.09. The van der Waals surface area contributed by atoms with Crippen LogP contribution < -0.4 is 11.1 Å². The van der Waals surface area contributed by atoms with Crippen molar-refractivity contribution in [3.05, 3.63) is 46.2 Å². The van der Waals surface area contributed by atoms with Crippen molar-refractivity contribution >= 4 is 17.3 Å². The highest BCUT2D eigenvalue weighted by molar-refractivity contribution is 7.08. The molecular formula is C16H17N3S. The molecule has 0 amide bonds. The molecule has 2 aromatic rings. The first kappa shape index (κ1) is 12.0. The maximum atomic E-state index is 5.81. The van der Waals surface area contributed by atoms with Gasteiger partial charge in [0.15, 0.2) is 5.96 Å². The van der Waals surface area contributed by atoms with Crippen LogP contribution in [0.1, 0.15) is 17.5 Å². The predicted octanol–water partition coefficient (Wildman–Crippen LogP) is 2.56. The van der Waals surface area contributed by atoms with E-state index in [1.165, 1.54) is 22.3 Å². The summed E-state index contributed by atoms with van der Waals surface area (Å²) in [6.07, 6.45) is 3.16. The summed E-state index contributed by atoms with van der Waals surface area (Å²) >= 11 is 1.76. The molecule has 3 N–H and O–H groups in total. The van der Waals surface area contributed by atoms with E-state index in [4.69, 9.17) is 5.73 Å². The first-order chi connectivity index (χ1) is 9.76. The van der Waals surface area contributed by atoms with Gasteiger partial charge in [-0.15, -0.1) is 0 Å². The molecule has 102 valence electrons. The van der Waals surface area contributed by atoms with E-state index < -0.39 is 0 Å². The summed E-state index contributed by atoms with van der Waals surface area (Å²) in [5.41, 5.74) is 11.5. The Morgan fingerprint density at radius 3 is 3.00 bits per heavy atom. The molecule has 1 aromatic heterocycles. The zero-order valence-corrected chi connectivity index (χ0v) is 12.0. The number of guanidine groups is 1. The Hall–Kier alpha value is -1.81. The minimum atomic E-state index is -0.00957. The number of rotatable bonds is 1. The number of hydrogen-bond acceptors (Lipinski definition) is 4. The summed E-state index contributed by atoms with van der Waals surface area (Å²) in [6, 6.07) is 8.86. The summed E-state index contributed by atoms with van der Waals surface area (Å²) in [6.45, 7) is 0.876. The Balaban J connectivity index is 1.76. The Bertz CT molecular complexity index is 675. The van der Waals surface area contributed by atoms with Crippen molar-refractivity contribution in [1.29, 1.82) is 0 Å². The van der Waals surface area contributed by atoms with Crippen LogP contribution in [0.25, 0.3) is 11.1 Å². The molecule has 1 aliphatic carbocycles. The summed E-state index contributed by atoms with van der Waals surface area (Å²) in [7, 11) is 0. The third-order valence-electron chi connectivity index (χ3n) is 4.42. The van der Waals surface area contributed by atoms with Crippen LogP contribution in [0.2, 0.25) is 0 Å². The molecule has 20 heavy (non-hydrogen) atoms. The van der Waals surface area contributed by atoms with Crippen LogP contribution in [0.3, 0.4) is 0 Å². The second-order valence-electron chi connectivity index (χ2n) is 5.71. The molecule has 0 saturated carbocycles. The highest BCUT2D eigenvalue weighted by Gasteiger charge is 2.38. The van der Waals surface area contributed by atoms with Crippen LogP contribution in [0.15, 0.2) is 40.0 Å². The predicted molar refractivity (Wildman–Crippen MR) is 84.1 cm³/mol. The van der Waals surface area contributed by atoms with Crippen molar-refractivity contribution in [1.82, 2.24) is 5.32 Å². The van der Waals surface area contributed by atoms with E-state index in [9.17, 15) is 0 Å². The number of hydrogen-bond donors (Lipinski definition) is 2. The van der Waals surface area contributed by atoms with E-state index in [1.807, 2.05) is 0 Å². The zero-order valence-electron chi connectivity index (χ0n) is 11.2. The second-order valence-corrected chi connectivity index (χ2v) is 6.49. The van der Waals surface area contributed by atoms with Gasteiger partial charge in [0.25, 0.3) is 0 Å². The fourth-order valence-electron chi connectivity index (χ4n) is 3.42. The summed E-state index contributed by atoms with van der Waals surface area (Å²) in [5.74, 6) is 0.599. The van der Waals surface area contributed by atoms with Crippen LogP contribution in [0, 0.1) is 0 Å². The van der Waals surface area contributed by atoms with Crippen LogP contribution >= 0.6 is 11.3 Å². The summed E-state index contributed by atoms with van der Waals surface area (Å²) < 4.78 is 0. The number of nitrogens with two attached hydrogens (primary N) is 1. The third kappa shape index (κ3) is 1.83. The summed E-state index contributed by atoms with van der Waals surface area (Å²) in [5, 5.41) is 7.56. The maximum Gasteiger partial charge on any atom is 0.189 e. The molecule has 3 nitrogen and oxygen atoms in total. The van der Waals surface area contributed by atoms with Gasteiger partial charge in [0.1, 0.15) is 0 Å².